The van der Waals surface area contributed by atoms with Crippen LogP contribution in [-0.4, -0.2) is 44.8 Å². The molecule has 1 atom stereocenters. The summed E-state index contributed by atoms with van der Waals surface area (Å²) in [6.45, 7) is 0.381. The van der Waals surface area contributed by atoms with E-state index < -0.39 is 6.04 Å². The van der Waals surface area contributed by atoms with E-state index in [1.54, 1.807) is 36.4 Å². The smallest absolute Gasteiger partial charge is 0.270 e. The highest BCUT2D eigenvalue weighted by Crippen LogP contribution is 2.25. The minimum absolute atomic E-state index is 0.215. The van der Waals surface area contributed by atoms with Gasteiger partial charge in [0, 0.05) is 35.2 Å². The molecule has 0 radical (unpaired) electrons. The summed E-state index contributed by atoms with van der Waals surface area (Å²) in [5.41, 5.74) is 3.09. The maximum atomic E-state index is 12.9. The fraction of sp³-hybridized carbons (Fsp3) is 0.217. The lowest BCUT2D eigenvalue weighted by atomic mass is 10.1. The molecule has 0 aliphatic carbocycles. The van der Waals surface area contributed by atoms with Crippen LogP contribution in [0.3, 0.4) is 0 Å². The average Bonchev–Trinajstić information content (AvgIpc) is 3.18. The summed E-state index contributed by atoms with van der Waals surface area (Å²) in [6, 6.07) is 12.7. The van der Waals surface area contributed by atoms with E-state index in [1.807, 2.05) is 42.7 Å². The second-order valence-corrected chi connectivity index (χ2v) is 8.15. The van der Waals surface area contributed by atoms with Gasteiger partial charge in [0.05, 0.1) is 11.7 Å². The Kier molecular flexibility index (Phi) is 6.47. The summed E-state index contributed by atoms with van der Waals surface area (Å²) in [4.78, 5) is 37.3. The highest BCUT2D eigenvalue weighted by atomic mass is 32.2. The van der Waals surface area contributed by atoms with Crippen molar-refractivity contribution < 1.29 is 9.59 Å². The van der Waals surface area contributed by atoms with E-state index in [-0.39, 0.29) is 17.5 Å². The van der Waals surface area contributed by atoms with Crippen molar-refractivity contribution in [3.63, 3.8) is 0 Å². The van der Waals surface area contributed by atoms with Crippen molar-refractivity contribution in [1.82, 2.24) is 25.6 Å². The normalized spacial score (nSPS) is 12.0. The molecule has 0 aliphatic rings. The van der Waals surface area contributed by atoms with E-state index in [2.05, 4.69) is 25.6 Å². The maximum Gasteiger partial charge on any atom is 0.270 e. The van der Waals surface area contributed by atoms with E-state index in [9.17, 15) is 9.59 Å². The number of fused-ring (bicyclic) bond motifs is 3. The number of amides is 2. The van der Waals surface area contributed by atoms with Crippen molar-refractivity contribution in [2.24, 2.45) is 0 Å². The van der Waals surface area contributed by atoms with E-state index in [0.717, 1.165) is 33.1 Å². The number of nitrogens with one attached hydrogen (secondary N) is 3. The Bertz CT molecular complexity index is 1210. The summed E-state index contributed by atoms with van der Waals surface area (Å²) in [7, 11) is 0. The number of benzene rings is 1. The molecule has 3 heterocycles. The second-order valence-electron chi connectivity index (χ2n) is 7.17. The van der Waals surface area contributed by atoms with Gasteiger partial charge in [-0.3, -0.25) is 14.6 Å². The van der Waals surface area contributed by atoms with Crippen molar-refractivity contribution in [2.45, 2.75) is 19.0 Å². The first-order chi connectivity index (χ1) is 15.2. The van der Waals surface area contributed by atoms with Crippen LogP contribution in [0.25, 0.3) is 21.8 Å². The number of hydrogen-bond acceptors (Lipinski definition) is 5. The van der Waals surface area contributed by atoms with Crippen LogP contribution < -0.4 is 10.6 Å². The van der Waals surface area contributed by atoms with Gasteiger partial charge in [0.25, 0.3) is 5.91 Å². The molecule has 3 aromatic heterocycles. The Morgan fingerprint density at radius 1 is 1.10 bits per heavy atom. The first kappa shape index (κ1) is 20.9. The molecule has 158 valence electrons. The molecule has 4 rings (SSSR count). The molecular weight excluding hydrogens is 410 g/mol. The lowest BCUT2D eigenvalue weighted by Crippen LogP contribution is -2.47. The Hall–Kier alpha value is -3.39. The van der Waals surface area contributed by atoms with Crippen molar-refractivity contribution in [3.8, 4) is 0 Å². The fourth-order valence-electron chi connectivity index (χ4n) is 3.42. The van der Waals surface area contributed by atoms with Gasteiger partial charge in [-0.15, -0.1) is 0 Å². The molecular formula is C23H23N5O2S. The molecule has 0 spiro atoms. The summed E-state index contributed by atoms with van der Waals surface area (Å²) < 4.78 is 0. The predicted octanol–water partition coefficient (Wildman–Crippen LogP) is 3.28. The van der Waals surface area contributed by atoms with Gasteiger partial charge in [0.15, 0.2) is 0 Å². The van der Waals surface area contributed by atoms with Crippen LogP contribution in [0, 0.1) is 0 Å². The first-order valence-electron chi connectivity index (χ1n) is 9.98. The van der Waals surface area contributed by atoms with Crippen LogP contribution in [0.2, 0.25) is 0 Å². The largest absolute Gasteiger partial charge is 0.353 e. The zero-order valence-corrected chi connectivity index (χ0v) is 17.9. The number of carbonyl (C=O) groups excluding carboxylic acids is 2. The van der Waals surface area contributed by atoms with Gasteiger partial charge in [-0.1, -0.05) is 18.2 Å². The molecule has 1 aromatic carbocycles. The van der Waals surface area contributed by atoms with E-state index in [4.69, 9.17) is 0 Å². The van der Waals surface area contributed by atoms with Crippen molar-refractivity contribution >= 4 is 45.4 Å². The van der Waals surface area contributed by atoms with Gasteiger partial charge in [0.2, 0.25) is 5.91 Å². The van der Waals surface area contributed by atoms with Crippen LogP contribution in [-0.2, 0) is 11.3 Å². The van der Waals surface area contributed by atoms with Gasteiger partial charge in [-0.25, -0.2) is 4.98 Å². The molecule has 0 bridgehead atoms. The lowest BCUT2D eigenvalue weighted by Gasteiger charge is -2.18. The van der Waals surface area contributed by atoms with E-state index in [1.165, 1.54) is 0 Å². The number of nitrogens with zero attached hydrogens (tertiary/aromatic N) is 2. The van der Waals surface area contributed by atoms with Crippen LogP contribution in [0.4, 0.5) is 0 Å². The minimum Gasteiger partial charge on any atom is -0.353 e. The number of rotatable bonds is 8. The predicted molar refractivity (Wildman–Crippen MR) is 124 cm³/mol. The van der Waals surface area contributed by atoms with Crippen molar-refractivity contribution in [3.05, 3.63) is 72.3 Å². The topological polar surface area (TPSA) is 99.8 Å². The summed E-state index contributed by atoms with van der Waals surface area (Å²) in [5, 5.41) is 7.72. The molecule has 2 amide bonds. The Morgan fingerprint density at radius 3 is 2.71 bits per heavy atom. The van der Waals surface area contributed by atoms with Crippen molar-refractivity contribution in [1.29, 1.82) is 0 Å². The number of thioether (sulfide) groups is 1. The molecule has 7 nitrogen and oxygen atoms in total. The summed E-state index contributed by atoms with van der Waals surface area (Å²) >= 11 is 1.63. The summed E-state index contributed by atoms with van der Waals surface area (Å²) in [6.07, 6.45) is 7.53. The number of hydrogen-bond donors (Lipinski definition) is 3. The van der Waals surface area contributed by atoms with Gasteiger partial charge < -0.3 is 15.6 Å². The van der Waals surface area contributed by atoms with Crippen molar-refractivity contribution in [2.75, 3.05) is 12.0 Å². The quantitative estimate of drug-likeness (QED) is 0.396. The maximum absolute atomic E-state index is 12.9. The molecule has 0 aliphatic heterocycles. The molecule has 31 heavy (non-hydrogen) atoms. The number of aromatic nitrogens is 3. The Morgan fingerprint density at radius 2 is 1.90 bits per heavy atom. The first-order valence-corrected chi connectivity index (χ1v) is 11.4. The SMILES string of the molecule is CSCCC(NC(=O)c1cc2c(cn1)[nH]c1ccccc12)C(=O)NCc1ccncc1. The van der Waals surface area contributed by atoms with Gasteiger partial charge in [-0.05, 0) is 48.3 Å². The lowest BCUT2D eigenvalue weighted by molar-refractivity contribution is -0.123. The van der Waals surface area contributed by atoms with Crippen LogP contribution in [0.5, 0.6) is 0 Å². The van der Waals surface area contributed by atoms with Crippen LogP contribution in [0.1, 0.15) is 22.5 Å². The third-order valence-corrected chi connectivity index (χ3v) is 5.72. The molecule has 3 N–H and O–H groups in total. The third kappa shape index (κ3) is 4.86. The van der Waals surface area contributed by atoms with Gasteiger partial charge >= 0.3 is 0 Å². The molecule has 0 saturated carbocycles. The van der Waals surface area contributed by atoms with E-state index >= 15 is 0 Å². The Balaban J connectivity index is 1.50. The zero-order valence-electron chi connectivity index (χ0n) is 17.1. The van der Waals surface area contributed by atoms with Crippen LogP contribution in [0.15, 0.2) is 61.1 Å². The van der Waals surface area contributed by atoms with Crippen LogP contribution >= 0.6 is 11.8 Å². The fourth-order valence-corrected chi connectivity index (χ4v) is 3.90. The molecule has 0 fully saturated rings. The zero-order chi connectivity index (χ0) is 21.6. The third-order valence-electron chi connectivity index (χ3n) is 5.07. The van der Waals surface area contributed by atoms with Gasteiger partial charge in [0.1, 0.15) is 11.7 Å². The molecule has 1 unspecified atom stereocenters. The number of pyridine rings is 2. The van der Waals surface area contributed by atoms with E-state index in [0.29, 0.717) is 13.0 Å². The standard InChI is InChI=1S/C23H23N5O2S/c1-31-11-8-19(22(29)26-13-15-6-9-24-10-7-15)28-23(30)20-12-17-16-4-2-3-5-18(16)27-21(17)14-25-20/h2-7,9-10,12,14,19,27H,8,11,13H2,1H3,(H,26,29)(H,28,30). The molecule has 4 aromatic rings. The highest BCUT2D eigenvalue weighted by Gasteiger charge is 2.22. The monoisotopic (exact) mass is 433 g/mol. The number of para-hydroxylation sites is 1. The highest BCUT2D eigenvalue weighted by molar-refractivity contribution is 7.98. The minimum atomic E-state index is -0.637. The Labute approximate surface area is 184 Å². The number of carbonyl (C=O) groups is 2. The number of aromatic amines is 1. The molecule has 8 heteroatoms. The molecule has 0 saturated heterocycles. The van der Waals surface area contributed by atoms with Gasteiger partial charge in [-0.2, -0.15) is 11.8 Å². The number of H-pyrrole nitrogens is 1. The average molecular weight is 434 g/mol. The summed E-state index contributed by atoms with van der Waals surface area (Å²) in [5.74, 6) is 0.174. The second kappa shape index (κ2) is 9.61.